The van der Waals surface area contributed by atoms with Crippen LogP contribution in [0.4, 0.5) is 32.2 Å². The Morgan fingerprint density at radius 1 is 0.885 bits per heavy atom. The van der Waals surface area contributed by atoms with E-state index in [1.165, 1.54) is 29.2 Å². The van der Waals surface area contributed by atoms with Crippen molar-refractivity contribution in [2.24, 2.45) is 0 Å². The third kappa shape index (κ3) is 3.55. The van der Waals surface area contributed by atoms with E-state index >= 15 is 0 Å². The number of halogens is 6. The van der Waals surface area contributed by atoms with Crippen LogP contribution < -0.4 is 4.90 Å². The molecule has 0 aliphatic rings. The molecule has 0 saturated carbocycles. The zero-order valence-corrected chi connectivity index (χ0v) is 13.2. The Morgan fingerprint density at radius 3 is 2.12 bits per heavy atom. The number of benzene rings is 1. The molecule has 0 amide bonds. The number of anilines is 1. The van der Waals surface area contributed by atoms with Gasteiger partial charge in [-0.05, 0) is 29.8 Å². The number of aromatic nitrogens is 4. The second kappa shape index (κ2) is 6.15. The maximum atomic E-state index is 12.9. The molecule has 0 N–H and O–H groups in total. The van der Waals surface area contributed by atoms with Crippen molar-refractivity contribution in [2.75, 3.05) is 11.9 Å². The molecule has 0 aliphatic heterocycles. The molecule has 26 heavy (non-hydrogen) atoms. The van der Waals surface area contributed by atoms with Crippen LogP contribution in [0.5, 0.6) is 0 Å². The van der Waals surface area contributed by atoms with Gasteiger partial charge >= 0.3 is 12.4 Å². The van der Waals surface area contributed by atoms with Gasteiger partial charge in [0.2, 0.25) is 0 Å². The molecule has 3 rings (SSSR count). The molecule has 0 spiro atoms. The van der Waals surface area contributed by atoms with Crippen molar-refractivity contribution in [1.82, 2.24) is 19.8 Å². The Bertz CT molecular complexity index is 913. The van der Waals surface area contributed by atoms with Crippen molar-refractivity contribution in [1.29, 1.82) is 0 Å². The third-order valence-electron chi connectivity index (χ3n) is 3.59. The van der Waals surface area contributed by atoms with E-state index in [1.54, 1.807) is 7.05 Å². The number of hydrogen-bond donors (Lipinski definition) is 0. The maximum absolute atomic E-state index is 12.9. The minimum atomic E-state index is -4.71. The molecule has 1 aromatic carbocycles. The normalized spacial score (nSPS) is 12.6. The van der Waals surface area contributed by atoms with Crippen LogP contribution in [0, 0.1) is 0 Å². The van der Waals surface area contributed by atoms with Crippen LogP contribution >= 0.6 is 0 Å². The summed E-state index contributed by atoms with van der Waals surface area (Å²) in [6, 6.07) is 7.28. The van der Waals surface area contributed by atoms with E-state index < -0.39 is 23.7 Å². The predicted molar refractivity (Wildman–Crippen MR) is 79.3 cm³/mol. The summed E-state index contributed by atoms with van der Waals surface area (Å²) in [6.07, 6.45) is -9.14. The lowest BCUT2D eigenvalue weighted by Crippen LogP contribution is -2.20. The topological polar surface area (TPSA) is 46.3 Å². The van der Waals surface area contributed by atoms with E-state index in [4.69, 9.17) is 0 Å². The fourth-order valence-corrected chi connectivity index (χ4v) is 2.31. The minimum absolute atomic E-state index is 0.0657. The quantitative estimate of drug-likeness (QED) is 0.654. The Kier molecular flexibility index (Phi) is 4.24. The van der Waals surface area contributed by atoms with Gasteiger partial charge in [0.1, 0.15) is 5.82 Å². The Labute approximate surface area is 142 Å². The SMILES string of the molecule is CN(Cc1ccc(C(F)(F)F)cc1)c1ccc2nnc(C(F)(F)F)n2n1. The summed E-state index contributed by atoms with van der Waals surface area (Å²) in [4.78, 5) is 1.50. The molecule has 0 aliphatic carbocycles. The second-order valence-corrected chi connectivity index (χ2v) is 5.53. The molecule has 0 unspecified atom stereocenters. The lowest BCUT2D eigenvalue weighted by Gasteiger charge is -2.18. The van der Waals surface area contributed by atoms with Crippen LogP contribution in [0.25, 0.3) is 5.65 Å². The lowest BCUT2D eigenvalue weighted by atomic mass is 10.1. The van der Waals surface area contributed by atoms with Gasteiger partial charge in [-0.25, -0.2) is 0 Å². The monoisotopic (exact) mass is 375 g/mol. The molecule has 0 fully saturated rings. The molecule has 138 valence electrons. The number of fused-ring (bicyclic) bond motifs is 1. The first-order valence-electron chi connectivity index (χ1n) is 7.22. The molecular formula is C15H11F6N5. The van der Waals surface area contributed by atoms with Gasteiger partial charge in [0.25, 0.3) is 5.82 Å². The highest BCUT2D eigenvalue weighted by Gasteiger charge is 2.37. The first-order chi connectivity index (χ1) is 12.1. The minimum Gasteiger partial charge on any atom is -0.354 e. The maximum Gasteiger partial charge on any atom is 0.453 e. The summed E-state index contributed by atoms with van der Waals surface area (Å²) in [7, 11) is 1.56. The molecule has 0 radical (unpaired) electrons. The van der Waals surface area contributed by atoms with Gasteiger partial charge in [-0.1, -0.05) is 12.1 Å². The highest BCUT2D eigenvalue weighted by Crippen LogP contribution is 2.30. The molecule has 2 heterocycles. The molecule has 0 atom stereocenters. The summed E-state index contributed by atoms with van der Waals surface area (Å²) in [6.45, 7) is 0.153. The molecule has 0 saturated heterocycles. The van der Waals surface area contributed by atoms with Crippen molar-refractivity contribution in [3.63, 3.8) is 0 Å². The van der Waals surface area contributed by atoms with E-state index in [-0.39, 0.29) is 18.0 Å². The van der Waals surface area contributed by atoms with Gasteiger partial charge in [-0.3, -0.25) is 0 Å². The van der Waals surface area contributed by atoms with Gasteiger partial charge in [0, 0.05) is 13.6 Å². The highest BCUT2D eigenvalue weighted by atomic mass is 19.4. The smallest absolute Gasteiger partial charge is 0.354 e. The highest BCUT2D eigenvalue weighted by molar-refractivity contribution is 5.46. The van der Waals surface area contributed by atoms with Crippen molar-refractivity contribution in [2.45, 2.75) is 18.9 Å². The molecular weight excluding hydrogens is 364 g/mol. The molecule has 11 heteroatoms. The Hall–Kier alpha value is -2.85. The van der Waals surface area contributed by atoms with E-state index in [2.05, 4.69) is 15.3 Å². The number of hydrogen-bond acceptors (Lipinski definition) is 4. The van der Waals surface area contributed by atoms with Gasteiger partial charge in [0.15, 0.2) is 5.65 Å². The standard InChI is InChI=1S/C15H11F6N5/c1-25(8-9-2-4-10(5-3-9)14(16,17)18)12-7-6-11-22-23-13(15(19,20)21)26(11)24-12/h2-7H,8H2,1H3. The molecule has 5 nitrogen and oxygen atoms in total. The average molecular weight is 375 g/mol. The lowest BCUT2D eigenvalue weighted by molar-refractivity contribution is -0.146. The second-order valence-electron chi connectivity index (χ2n) is 5.53. The zero-order valence-electron chi connectivity index (χ0n) is 13.2. The molecule has 3 aromatic rings. The first kappa shape index (κ1) is 18.0. The molecule has 2 aromatic heterocycles. The van der Waals surface area contributed by atoms with E-state index in [0.717, 1.165) is 12.1 Å². The largest absolute Gasteiger partial charge is 0.453 e. The van der Waals surface area contributed by atoms with Crippen LogP contribution in [-0.2, 0) is 18.9 Å². The third-order valence-corrected chi connectivity index (χ3v) is 3.59. The summed E-state index contributed by atoms with van der Waals surface area (Å²) < 4.78 is 77.0. The fourth-order valence-electron chi connectivity index (χ4n) is 2.31. The summed E-state index contributed by atoms with van der Waals surface area (Å²) >= 11 is 0. The Balaban J connectivity index is 1.84. The Morgan fingerprint density at radius 2 is 1.54 bits per heavy atom. The number of rotatable bonds is 3. The predicted octanol–water partition coefficient (Wildman–Crippen LogP) is 3.80. The zero-order chi connectivity index (χ0) is 19.1. The number of nitrogens with zero attached hydrogens (tertiary/aromatic N) is 5. The average Bonchev–Trinajstić information content (AvgIpc) is 2.97. The number of alkyl halides is 6. The van der Waals surface area contributed by atoms with Gasteiger partial charge in [0.05, 0.1) is 5.56 Å². The fraction of sp³-hybridized carbons (Fsp3) is 0.267. The van der Waals surface area contributed by atoms with Crippen LogP contribution in [0.15, 0.2) is 36.4 Å². The van der Waals surface area contributed by atoms with Gasteiger partial charge < -0.3 is 4.90 Å². The summed E-state index contributed by atoms with van der Waals surface area (Å²) in [5.74, 6) is -1.07. The molecule has 0 bridgehead atoms. The van der Waals surface area contributed by atoms with E-state index in [0.29, 0.717) is 10.1 Å². The van der Waals surface area contributed by atoms with E-state index in [9.17, 15) is 26.3 Å². The summed E-state index contributed by atoms with van der Waals surface area (Å²) in [5.41, 5.74) is -0.297. The van der Waals surface area contributed by atoms with Crippen LogP contribution in [-0.4, -0.2) is 26.9 Å². The first-order valence-corrected chi connectivity index (χ1v) is 7.22. The van der Waals surface area contributed by atoms with Crippen LogP contribution in [0.1, 0.15) is 17.0 Å². The van der Waals surface area contributed by atoms with Gasteiger partial charge in [-0.15, -0.1) is 15.3 Å². The van der Waals surface area contributed by atoms with Crippen molar-refractivity contribution >= 4 is 11.5 Å². The van der Waals surface area contributed by atoms with E-state index in [1.807, 2.05) is 0 Å². The van der Waals surface area contributed by atoms with Crippen molar-refractivity contribution < 1.29 is 26.3 Å². The van der Waals surface area contributed by atoms with Crippen LogP contribution in [0.2, 0.25) is 0 Å². The summed E-state index contributed by atoms with van der Waals surface area (Å²) in [5, 5.41) is 10.4. The van der Waals surface area contributed by atoms with Crippen LogP contribution in [0.3, 0.4) is 0 Å². The van der Waals surface area contributed by atoms with Crippen molar-refractivity contribution in [3.8, 4) is 0 Å². The van der Waals surface area contributed by atoms with Crippen molar-refractivity contribution in [3.05, 3.63) is 53.3 Å². The van der Waals surface area contributed by atoms with Gasteiger partial charge in [-0.2, -0.15) is 30.9 Å².